The highest BCUT2D eigenvalue weighted by Gasteiger charge is 2.48. The molecule has 0 radical (unpaired) electrons. The van der Waals surface area contributed by atoms with Gasteiger partial charge >= 0.3 is 5.97 Å². The normalized spacial score (nSPS) is 21.4. The van der Waals surface area contributed by atoms with Crippen molar-refractivity contribution in [1.82, 2.24) is 10.3 Å². The molecule has 1 amide bonds. The van der Waals surface area contributed by atoms with E-state index in [1.54, 1.807) is 39.2 Å². The van der Waals surface area contributed by atoms with E-state index in [1.165, 1.54) is 0 Å². The van der Waals surface area contributed by atoms with E-state index in [2.05, 4.69) is 10.3 Å². The van der Waals surface area contributed by atoms with E-state index in [4.69, 9.17) is 9.47 Å². The van der Waals surface area contributed by atoms with E-state index < -0.39 is 17.5 Å². The Balaban J connectivity index is 1.90. The van der Waals surface area contributed by atoms with E-state index in [1.807, 2.05) is 6.07 Å². The highest BCUT2D eigenvalue weighted by molar-refractivity contribution is 5.99. The molecule has 0 saturated heterocycles. The minimum Gasteiger partial charge on any atom is -0.497 e. The molecule has 0 aliphatic carbocycles. The van der Waals surface area contributed by atoms with Crippen LogP contribution >= 0.6 is 0 Å². The second kappa shape index (κ2) is 5.45. The second-order valence-corrected chi connectivity index (χ2v) is 7.00. The molecule has 26 heavy (non-hydrogen) atoms. The first kappa shape index (κ1) is 16.4. The van der Waals surface area contributed by atoms with Crippen molar-refractivity contribution < 1.29 is 19.1 Å². The molecule has 1 aromatic carbocycles. The third-order valence-electron chi connectivity index (χ3n) is 4.90. The van der Waals surface area contributed by atoms with Gasteiger partial charge in [-0.15, -0.1) is 0 Å². The SMILES string of the molecule is COc1ccc2cc([C@H]3CC(=O)NC4=C3C(=O)OC4(C)C)c(=O)[nH]c2c1. The number of H-pyrrole nitrogens is 1. The Bertz CT molecular complexity index is 1050. The van der Waals surface area contributed by atoms with Gasteiger partial charge in [0.25, 0.3) is 5.56 Å². The topological polar surface area (TPSA) is 97.5 Å². The first-order valence-electron chi connectivity index (χ1n) is 8.29. The third kappa shape index (κ3) is 2.39. The number of methoxy groups -OCH3 is 1. The number of fused-ring (bicyclic) bond motifs is 1. The summed E-state index contributed by atoms with van der Waals surface area (Å²) >= 11 is 0. The number of nitrogens with one attached hydrogen (secondary N) is 2. The van der Waals surface area contributed by atoms with Crippen molar-refractivity contribution in [2.75, 3.05) is 7.11 Å². The predicted octanol–water partition coefficient (Wildman–Crippen LogP) is 1.73. The quantitative estimate of drug-likeness (QED) is 0.801. The molecule has 134 valence electrons. The van der Waals surface area contributed by atoms with Crippen LogP contribution in [0, 0.1) is 0 Å². The number of benzene rings is 1. The zero-order chi connectivity index (χ0) is 18.6. The summed E-state index contributed by atoms with van der Waals surface area (Å²) in [7, 11) is 1.55. The van der Waals surface area contributed by atoms with Crippen molar-refractivity contribution in [2.24, 2.45) is 0 Å². The zero-order valence-electron chi connectivity index (χ0n) is 14.6. The lowest BCUT2D eigenvalue weighted by atomic mass is 9.83. The third-order valence-corrected chi connectivity index (χ3v) is 4.90. The van der Waals surface area contributed by atoms with Gasteiger partial charge in [-0.25, -0.2) is 4.79 Å². The molecule has 2 aromatic rings. The van der Waals surface area contributed by atoms with Crippen LogP contribution in [0.4, 0.5) is 0 Å². The molecule has 2 N–H and O–H groups in total. The average molecular weight is 354 g/mol. The monoisotopic (exact) mass is 354 g/mol. The number of aromatic amines is 1. The number of cyclic esters (lactones) is 1. The summed E-state index contributed by atoms with van der Waals surface area (Å²) in [5, 5.41) is 3.53. The fourth-order valence-electron chi connectivity index (χ4n) is 3.62. The van der Waals surface area contributed by atoms with Crippen LogP contribution in [0.5, 0.6) is 5.75 Å². The first-order valence-corrected chi connectivity index (χ1v) is 8.29. The summed E-state index contributed by atoms with van der Waals surface area (Å²) in [6, 6.07) is 7.06. The standard InChI is InChI=1S/C19H18N2O5/c1-19(2)16-15(18(24)26-19)11(8-14(22)21-16)12-6-9-4-5-10(25-3)7-13(9)20-17(12)23/h4-7,11H,8H2,1-3H3,(H,20,23)(H,21,22)/t11-/m1/s1. The van der Waals surface area contributed by atoms with Gasteiger partial charge in [-0.3, -0.25) is 9.59 Å². The molecule has 2 aliphatic heterocycles. The number of aromatic nitrogens is 1. The van der Waals surface area contributed by atoms with E-state index in [0.29, 0.717) is 28.1 Å². The highest BCUT2D eigenvalue weighted by atomic mass is 16.6. The van der Waals surface area contributed by atoms with E-state index in [0.717, 1.165) is 5.39 Å². The predicted molar refractivity (Wildman–Crippen MR) is 93.8 cm³/mol. The maximum absolute atomic E-state index is 12.7. The van der Waals surface area contributed by atoms with Crippen molar-refractivity contribution in [3.8, 4) is 5.75 Å². The van der Waals surface area contributed by atoms with Crippen LogP contribution in [0.15, 0.2) is 40.3 Å². The summed E-state index contributed by atoms with van der Waals surface area (Å²) in [5.74, 6) is -0.745. The summed E-state index contributed by atoms with van der Waals surface area (Å²) < 4.78 is 10.6. The van der Waals surface area contributed by atoms with Crippen molar-refractivity contribution in [3.05, 3.63) is 51.5 Å². The molecular formula is C19H18N2O5. The molecule has 0 unspecified atom stereocenters. The van der Waals surface area contributed by atoms with Crippen LogP contribution in [0.2, 0.25) is 0 Å². The minimum atomic E-state index is -0.919. The number of carbonyl (C=O) groups excluding carboxylic acids is 2. The molecule has 0 fully saturated rings. The van der Waals surface area contributed by atoms with Gasteiger partial charge in [0.15, 0.2) is 0 Å². The zero-order valence-corrected chi connectivity index (χ0v) is 14.6. The molecule has 4 rings (SSSR count). The summed E-state index contributed by atoms with van der Waals surface area (Å²) in [5.41, 5.74) is 0.542. The van der Waals surface area contributed by atoms with Gasteiger partial charge in [0.1, 0.15) is 11.4 Å². The minimum absolute atomic E-state index is 0.0226. The number of hydrogen-bond acceptors (Lipinski definition) is 5. The van der Waals surface area contributed by atoms with Gasteiger partial charge in [-0.2, -0.15) is 0 Å². The number of carbonyl (C=O) groups is 2. The number of pyridine rings is 1. The molecule has 7 nitrogen and oxygen atoms in total. The molecule has 2 aliphatic rings. The van der Waals surface area contributed by atoms with Gasteiger partial charge in [-0.05, 0) is 37.4 Å². The van der Waals surface area contributed by atoms with E-state index >= 15 is 0 Å². The molecule has 1 aromatic heterocycles. The Morgan fingerprint density at radius 1 is 1.19 bits per heavy atom. The second-order valence-electron chi connectivity index (χ2n) is 7.00. The van der Waals surface area contributed by atoms with Crippen molar-refractivity contribution in [3.63, 3.8) is 0 Å². The molecule has 3 heterocycles. The Labute approximate surface area is 149 Å². The van der Waals surface area contributed by atoms with Crippen LogP contribution in [-0.4, -0.2) is 29.6 Å². The van der Waals surface area contributed by atoms with Crippen LogP contribution in [-0.2, 0) is 14.3 Å². The summed E-state index contributed by atoms with van der Waals surface area (Å²) in [4.78, 5) is 40.1. The number of amides is 1. The van der Waals surface area contributed by atoms with Crippen molar-refractivity contribution in [1.29, 1.82) is 0 Å². The molecular weight excluding hydrogens is 336 g/mol. The van der Waals surface area contributed by atoms with Crippen LogP contribution < -0.4 is 15.6 Å². The first-order chi connectivity index (χ1) is 12.3. The highest BCUT2D eigenvalue weighted by Crippen LogP contribution is 2.42. The van der Waals surface area contributed by atoms with Gasteiger partial charge in [0.2, 0.25) is 5.91 Å². The maximum Gasteiger partial charge on any atom is 0.337 e. The summed E-state index contributed by atoms with van der Waals surface area (Å²) in [6.45, 7) is 3.43. The van der Waals surface area contributed by atoms with E-state index in [-0.39, 0.29) is 17.9 Å². The van der Waals surface area contributed by atoms with Gasteiger partial charge < -0.3 is 19.8 Å². The van der Waals surface area contributed by atoms with Gasteiger partial charge in [0.05, 0.1) is 23.9 Å². The Hall–Kier alpha value is -3.09. The Morgan fingerprint density at radius 2 is 1.96 bits per heavy atom. The molecule has 7 heteroatoms. The van der Waals surface area contributed by atoms with Crippen LogP contribution in [0.25, 0.3) is 10.9 Å². The fourth-order valence-corrected chi connectivity index (χ4v) is 3.62. The number of ether oxygens (including phenoxy) is 2. The summed E-state index contributed by atoms with van der Waals surface area (Å²) in [6.07, 6.45) is 0.0226. The Kier molecular flexibility index (Phi) is 3.44. The molecule has 0 spiro atoms. The largest absolute Gasteiger partial charge is 0.497 e. The number of rotatable bonds is 2. The fraction of sp³-hybridized carbons (Fsp3) is 0.316. The molecule has 1 atom stereocenters. The van der Waals surface area contributed by atoms with E-state index in [9.17, 15) is 14.4 Å². The van der Waals surface area contributed by atoms with Gasteiger partial charge in [0, 0.05) is 24.0 Å². The van der Waals surface area contributed by atoms with Crippen molar-refractivity contribution >= 4 is 22.8 Å². The average Bonchev–Trinajstić information content (AvgIpc) is 2.82. The lowest BCUT2D eigenvalue weighted by Crippen LogP contribution is -2.39. The van der Waals surface area contributed by atoms with Gasteiger partial charge in [-0.1, -0.05) is 0 Å². The van der Waals surface area contributed by atoms with Crippen LogP contribution in [0.3, 0.4) is 0 Å². The van der Waals surface area contributed by atoms with Crippen molar-refractivity contribution in [2.45, 2.75) is 31.8 Å². The Morgan fingerprint density at radius 3 is 2.69 bits per heavy atom. The molecule has 0 saturated carbocycles. The van der Waals surface area contributed by atoms with Crippen LogP contribution in [0.1, 0.15) is 31.7 Å². The number of esters is 1. The number of hydrogen-bond donors (Lipinski definition) is 2. The lowest BCUT2D eigenvalue weighted by Gasteiger charge is -2.26. The smallest absolute Gasteiger partial charge is 0.337 e. The molecule has 0 bridgehead atoms. The maximum atomic E-state index is 12.7. The lowest BCUT2D eigenvalue weighted by molar-refractivity contribution is -0.144.